The molecule has 0 saturated carbocycles. The van der Waals surface area contributed by atoms with E-state index in [1.807, 2.05) is 0 Å². The summed E-state index contributed by atoms with van der Waals surface area (Å²) in [7, 11) is 0. The van der Waals surface area contributed by atoms with Gasteiger partial charge in [0.15, 0.2) is 0 Å². The Morgan fingerprint density at radius 2 is 2.25 bits per heavy atom. The van der Waals surface area contributed by atoms with E-state index in [9.17, 15) is 0 Å². The van der Waals surface area contributed by atoms with Crippen LogP contribution >= 0.6 is 15.9 Å². The summed E-state index contributed by atoms with van der Waals surface area (Å²) >= 11 is 3.29. The van der Waals surface area contributed by atoms with Gasteiger partial charge in [-0.15, -0.1) is 0 Å². The monoisotopic (exact) mass is 285 g/mol. The third kappa shape index (κ3) is 3.72. The van der Waals surface area contributed by atoms with E-state index in [0.29, 0.717) is 12.6 Å². The second-order valence-corrected chi connectivity index (χ2v) is 4.95. The third-order valence-electron chi connectivity index (χ3n) is 2.75. The van der Waals surface area contributed by atoms with Gasteiger partial charge in [-0.05, 0) is 54.2 Å². The molecule has 2 heterocycles. The van der Waals surface area contributed by atoms with Gasteiger partial charge >= 0.3 is 6.01 Å². The second kappa shape index (κ2) is 6.15. The van der Waals surface area contributed by atoms with E-state index in [0.717, 1.165) is 29.9 Å². The predicted molar refractivity (Wildman–Crippen MR) is 65.4 cm³/mol. The molecule has 1 unspecified atom stereocenters. The molecule has 1 aromatic rings. The van der Waals surface area contributed by atoms with Crippen LogP contribution in [0.25, 0.3) is 0 Å². The van der Waals surface area contributed by atoms with E-state index < -0.39 is 0 Å². The molecule has 1 fully saturated rings. The Hall–Kier alpha value is -0.680. The van der Waals surface area contributed by atoms with Crippen LogP contribution in [0.3, 0.4) is 0 Å². The summed E-state index contributed by atoms with van der Waals surface area (Å²) in [6.45, 7) is 2.98. The quantitative estimate of drug-likeness (QED) is 0.919. The molecule has 1 saturated heterocycles. The first-order valence-electron chi connectivity index (χ1n) is 5.65. The zero-order valence-corrected chi connectivity index (χ0v) is 10.7. The van der Waals surface area contributed by atoms with Gasteiger partial charge in [0.1, 0.15) is 0 Å². The van der Waals surface area contributed by atoms with E-state index in [1.165, 1.54) is 12.8 Å². The van der Waals surface area contributed by atoms with Gasteiger partial charge in [0, 0.05) is 12.4 Å². The normalized spacial score (nSPS) is 20.7. The Morgan fingerprint density at radius 3 is 2.94 bits per heavy atom. The van der Waals surface area contributed by atoms with Crippen LogP contribution in [-0.4, -0.2) is 29.7 Å². The molecule has 1 aromatic heterocycles. The summed E-state index contributed by atoms with van der Waals surface area (Å²) in [6.07, 6.45) is 7.05. The first kappa shape index (κ1) is 11.8. The zero-order valence-electron chi connectivity index (χ0n) is 9.16. The Morgan fingerprint density at radius 1 is 1.44 bits per heavy atom. The smallest absolute Gasteiger partial charge is 0.316 e. The van der Waals surface area contributed by atoms with Crippen LogP contribution in [0.1, 0.15) is 19.3 Å². The van der Waals surface area contributed by atoms with Crippen molar-refractivity contribution in [2.75, 3.05) is 19.7 Å². The van der Waals surface area contributed by atoms with E-state index in [1.54, 1.807) is 12.4 Å². The molecular weight excluding hydrogens is 270 g/mol. The highest BCUT2D eigenvalue weighted by atomic mass is 79.9. The molecule has 1 aliphatic heterocycles. The highest BCUT2D eigenvalue weighted by Gasteiger charge is 2.12. The standard InChI is InChI=1S/C11H16BrN3O/c12-10-7-14-11(15-8-10)16-5-3-9-2-1-4-13-6-9/h7-9,13H,1-6H2. The SMILES string of the molecule is Brc1cnc(OCCC2CCCNC2)nc1. The van der Waals surface area contributed by atoms with Gasteiger partial charge in [-0.2, -0.15) is 0 Å². The molecule has 2 rings (SSSR count). The summed E-state index contributed by atoms with van der Waals surface area (Å²) in [4.78, 5) is 8.13. The Kier molecular flexibility index (Phi) is 4.54. The first-order valence-corrected chi connectivity index (χ1v) is 6.45. The van der Waals surface area contributed by atoms with Crippen LogP contribution < -0.4 is 10.1 Å². The molecule has 0 bridgehead atoms. The van der Waals surface area contributed by atoms with Gasteiger partial charge in [-0.1, -0.05) is 0 Å². The summed E-state index contributed by atoms with van der Waals surface area (Å²) < 4.78 is 6.36. The van der Waals surface area contributed by atoms with E-state index >= 15 is 0 Å². The summed E-state index contributed by atoms with van der Waals surface area (Å²) in [5.74, 6) is 0.740. The molecule has 0 aromatic carbocycles. The van der Waals surface area contributed by atoms with Crippen LogP contribution in [0.4, 0.5) is 0 Å². The molecule has 16 heavy (non-hydrogen) atoms. The molecule has 0 aliphatic carbocycles. The third-order valence-corrected chi connectivity index (χ3v) is 3.16. The van der Waals surface area contributed by atoms with Crippen molar-refractivity contribution in [1.29, 1.82) is 0 Å². The van der Waals surface area contributed by atoms with E-state index in [2.05, 4.69) is 31.2 Å². The van der Waals surface area contributed by atoms with Crippen molar-refractivity contribution in [3.63, 3.8) is 0 Å². The molecule has 0 amide bonds. The summed E-state index contributed by atoms with van der Waals surface area (Å²) in [6, 6.07) is 0.465. The van der Waals surface area contributed by atoms with E-state index in [4.69, 9.17) is 4.74 Å². The number of rotatable bonds is 4. The minimum atomic E-state index is 0.465. The minimum absolute atomic E-state index is 0.465. The lowest BCUT2D eigenvalue weighted by molar-refractivity contribution is 0.239. The molecule has 1 atom stereocenters. The Labute approximate surface area is 104 Å². The number of hydrogen-bond acceptors (Lipinski definition) is 4. The largest absolute Gasteiger partial charge is 0.463 e. The number of nitrogens with one attached hydrogen (secondary N) is 1. The molecule has 1 N–H and O–H groups in total. The maximum atomic E-state index is 5.49. The highest BCUT2D eigenvalue weighted by molar-refractivity contribution is 9.10. The number of piperidine rings is 1. The van der Waals surface area contributed by atoms with Crippen LogP contribution in [-0.2, 0) is 0 Å². The van der Waals surface area contributed by atoms with Crippen LogP contribution in [0.2, 0.25) is 0 Å². The number of halogens is 1. The van der Waals surface area contributed by atoms with Crippen LogP contribution in [0.15, 0.2) is 16.9 Å². The molecule has 5 heteroatoms. The predicted octanol–water partition coefficient (Wildman–Crippen LogP) is 2.01. The van der Waals surface area contributed by atoms with Crippen molar-refractivity contribution in [2.45, 2.75) is 19.3 Å². The van der Waals surface area contributed by atoms with E-state index in [-0.39, 0.29) is 0 Å². The molecule has 88 valence electrons. The molecule has 1 aliphatic rings. The van der Waals surface area contributed by atoms with Crippen molar-refractivity contribution in [1.82, 2.24) is 15.3 Å². The maximum absolute atomic E-state index is 5.49. The number of aromatic nitrogens is 2. The maximum Gasteiger partial charge on any atom is 0.316 e. The van der Waals surface area contributed by atoms with Crippen molar-refractivity contribution in [2.24, 2.45) is 5.92 Å². The van der Waals surface area contributed by atoms with Gasteiger partial charge in [0.2, 0.25) is 0 Å². The Balaban J connectivity index is 1.69. The van der Waals surface area contributed by atoms with Crippen LogP contribution in [0, 0.1) is 5.92 Å². The van der Waals surface area contributed by atoms with Gasteiger partial charge in [0.25, 0.3) is 0 Å². The second-order valence-electron chi connectivity index (χ2n) is 4.03. The number of hydrogen-bond donors (Lipinski definition) is 1. The van der Waals surface area contributed by atoms with Gasteiger partial charge < -0.3 is 10.1 Å². The Bertz CT molecular complexity index is 312. The average molecular weight is 286 g/mol. The van der Waals surface area contributed by atoms with Crippen molar-refractivity contribution < 1.29 is 4.74 Å². The number of ether oxygens (including phenoxy) is 1. The number of nitrogens with zero attached hydrogens (tertiary/aromatic N) is 2. The molecule has 0 spiro atoms. The fourth-order valence-corrected chi connectivity index (χ4v) is 2.07. The van der Waals surface area contributed by atoms with Gasteiger partial charge in [0.05, 0.1) is 11.1 Å². The van der Waals surface area contributed by atoms with Gasteiger partial charge in [-0.25, -0.2) is 9.97 Å². The lowest BCUT2D eigenvalue weighted by atomic mass is 9.97. The van der Waals surface area contributed by atoms with Crippen molar-refractivity contribution in [3.05, 3.63) is 16.9 Å². The fraction of sp³-hybridized carbons (Fsp3) is 0.636. The fourth-order valence-electron chi connectivity index (χ4n) is 1.86. The first-order chi connectivity index (χ1) is 7.84. The molecule has 4 nitrogen and oxygen atoms in total. The topological polar surface area (TPSA) is 47.0 Å². The minimum Gasteiger partial charge on any atom is -0.463 e. The molecule has 0 radical (unpaired) electrons. The summed E-state index contributed by atoms with van der Waals surface area (Å²) in [5.41, 5.74) is 0. The lowest BCUT2D eigenvalue weighted by Crippen LogP contribution is -2.30. The van der Waals surface area contributed by atoms with Crippen molar-refractivity contribution in [3.8, 4) is 6.01 Å². The van der Waals surface area contributed by atoms with Gasteiger partial charge in [-0.3, -0.25) is 0 Å². The van der Waals surface area contributed by atoms with Crippen LogP contribution in [0.5, 0.6) is 6.01 Å². The molecular formula is C11H16BrN3O. The highest BCUT2D eigenvalue weighted by Crippen LogP contribution is 2.14. The average Bonchev–Trinajstić information content (AvgIpc) is 2.33. The summed E-state index contributed by atoms with van der Waals surface area (Å²) in [5, 5.41) is 3.40. The zero-order chi connectivity index (χ0) is 11.2. The van der Waals surface area contributed by atoms with Crippen molar-refractivity contribution >= 4 is 15.9 Å². The lowest BCUT2D eigenvalue weighted by Gasteiger charge is -2.22.